The van der Waals surface area contributed by atoms with E-state index in [1.54, 1.807) is 0 Å². The van der Waals surface area contributed by atoms with E-state index in [-0.39, 0.29) is 6.15 Å². The van der Waals surface area contributed by atoms with Crippen LogP contribution in [0.4, 0.5) is 5.69 Å². The number of quaternary nitrogens is 1. The van der Waals surface area contributed by atoms with Crippen molar-refractivity contribution in [1.29, 1.82) is 0 Å². The molecule has 17 heavy (non-hydrogen) atoms. The van der Waals surface area contributed by atoms with Gasteiger partial charge in [-0.25, -0.2) is 0 Å². The first-order valence-electron chi connectivity index (χ1n) is 5.61. The molecule has 2 aromatic rings. The number of hydrogen-bond acceptors (Lipinski definition) is 1. The van der Waals surface area contributed by atoms with Gasteiger partial charge in [-0.05, 0) is 12.1 Å². The number of nitrogens with zero attached hydrogens (tertiary/aromatic N) is 1. The van der Waals surface area contributed by atoms with Crippen molar-refractivity contribution in [3.05, 3.63) is 66.2 Å². The highest BCUT2D eigenvalue weighted by molar-refractivity contribution is 5.41. The molecule has 2 rings (SSSR count). The third kappa shape index (κ3) is 3.41. The van der Waals surface area contributed by atoms with Crippen molar-refractivity contribution in [3.63, 3.8) is 0 Å². The second-order valence-electron chi connectivity index (χ2n) is 4.66. The summed E-state index contributed by atoms with van der Waals surface area (Å²) in [4.78, 5) is 0. The molecule has 0 unspecified atom stereocenters. The molecule has 0 amide bonds. The molecule has 0 spiro atoms. The molecule has 0 aliphatic rings. The lowest BCUT2D eigenvalue weighted by Gasteiger charge is -2.29. The summed E-state index contributed by atoms with van der Waals surface area (Å²) in [6.07, 6.45) is 0. The quantitative estimate of drug-likeness (QED) is 0.802. The van der Waals surface area contributed by atoms with Crippen molar-refractivity contribution in [2.75, 3.05) is 14.1 Å². The van der Waals surface area contributed by atoms with Gasteiger partial charge in [-0.3, -0.25) is 4.48 Å². The van der Waals surface area contributed by atoms with Gasteiger partial charge < -0.3 is 6.15 Å². The van der Waals surface area contributed by atoms with Gasteiger partial charge in [-0.2, -0.15) is 0 Å². The molecule has 0 bridgehead atoms. The van der Waals surface area contributed by atoms with E-state index in [0.717, 1.165) is 11.0 Å². The van der Waals surface area contributed by atoms with Crippen LogP contribution in [0.3, 0.4) is 0 Å². The molecule has 0 radical (unpaired) electrons. The van der Waals surface area contributed by atoms with E-state index in [2.05, 4.69) is 74.8 Å². The fraction of sp³-hybridized carbons (Fsp3) is 0.200. The van der Waals surface area contributed by atoms with Crippen molar-refractivity contribution < 1.29 is 0 Å². The van der Waals surface area contributed by atoms with Crippen LogP contribution in [0.25, 0.3) is 0 Å². The van der Waals surface area contributed by atoms with Crippen LogP contribution >= 0.6 is 0 Å². The Morgan fingerprint density at radius 3 is 1.76 bits per heavy atom. The molecule has 0 saturated carbocycles. The lowest BCUT2D eigenvalue weighted by Crippen LogP contribution is -2.39. The predicted molar refractivity (Wildman–Crippen MR) is 75.3 cm³/mol. The minimum Gasteiger partial charge on any atom is -0.344 e. The third-order valence-electron chi connectivity index (χ3n) is 2.88. The fourth-order valence-electron chi connectivity index (χ4n) is 1.96. The molecular formula is C15H21N2+. The highest BCUT2D eigenvalue weighted by Gasteiger charge is 2.18. The zero-order valence-corrected chi connectivity index (χ0v) is 10.6. The predicted octanol–water partition coefficient (Wildman–Crippen LogP) is 3.62. The molecule has 0 fully saturated rings. The van der Waals surface area contributed by atoms with E-state index in [4.69, 9.17) is 0 Å². The standard InChI is InChI=1S/C15H18N.H3N/c1-16(2,15-11-7-4-8-12-15)13-14-9-5-3-6-10-14;/h3-12H,13H2,1-2H3;1H3/q+1;. The molecule has 0 atom stereocenters. The molecule has 90 valence electrons. The van der Waals surface area contributed by atoms with E-state index in [0.29, 0.717) is 0 Å². The minimum atomic E-state index is 0. The van der Waals surface area contributed by atoms with E-state index < -0.39 is 0 Å². The van der Waals surface area contributed by atoms with Gasteiger partial charge in [0, 0.05) is 5.56 Å². The molecule has 0 aromatic heterocycles. The maximum atomic E-state index is 2.24. The summed E-state index contributed by atoms with van der Waals surface area (Å²) in [5.74, 6) is 0. The molecular weight excluding hydrogens is 208 g/mol. The average Bonchev–Trinajstić information content (AvgIpc) is 2.31. The van der Waals surface area contributed by atoms with Crippen LogP contribution in [0.1, 0.15) is 5.56 Å². The number of benzene rings is 2. The van der Waals surface area contributed by atoms with E-state index >= 15 is 0 Å². The molecule has 2 nitrogen and oxygen atoms in total. The minimum absolute atomic E-state index is 0. The SMILES string of the molecule is C[N+](C)(Cc1ccccc1)c1ccccc1.N. The molecule has 2 heteroatoms. The normalized spacial score (nSPS) is 10.7. The Labute approximate surface area is 104 Å². The molecule has 2 aromatic carbocycles. The van der Waals surface area contributed by atoms with Crippen LogP contribution in [0.2, 0.25) is 0 Å². The molecule has 0 heterocycles. The Morgan fingerprint density at radius 1 is 0.765 bits per heavy atom. The summed E-state index contributed by atoms with van der Waals surface area (Å²) in [6.45, 7) is 1.02. The molecule has 3 N–H and O–H groups in total. The summed E-state index contributed by atoms with van der Waals surface area (Å²) in [7, 11) is 4.48. The Balaban J connectivity index is 0.00000144. The summed E-state index contributed by atoms with van der Waals surface area (Å²) in [5, 5.41) is 0. The average molecular weight is 229 g/mol. The summed E-state index contributed by atoms with van der Waals surface area (Å²) >= 11 is 0. The lowest BCUT2D eigenvalue weighted by molar-refractivity contribution is 0.392. The second-order valence-corrected chi connectivity index (χ2v) is 4.66. The molecule has 0 aliphatic heterocycles. The van der Waals surface area contributed by atoms with Crippen molar-refractivity contribution in [2.24, 2.45) is 0 Å². The van der Waals surface area contributed by atoms with Crippen LogP contribution in [0.5, 0.6) is 0 Å². The molecule has 0 aliphatic carbocycles. The number of para-hydroxylation sites is 1. The van der Waals surface area contributed by atoms with Crippen LogP contribution in [0.15, 0.2) is 60.7 Å². The van der Waals surface area contributed by atoms with E-state index in [9.17, 15) is 0 Å². The Morgan fingerprint density at radius 2 is 1.24 bits per heavy atom. The number of hydrogen-bond donors (Lipinski definition) is 1. The number of rotatable bonds is 3. The van der Waals surface area contributed by atoms with Gasteiger partial charge in [0.2, 0.25) is 0 Å². The third-order valence-corrected chi connectivity index (χ3v) is 2.88. The fourth-order valence-corrected chi connectivity index (χ4v) is 1.96. The van der Waals surface area contributed by atoms with Crippen molar-refractivity contribution in [1.82, 2.24) is 10.6 Å². The Kier molecular flexibility index (Phi) is 4.44. The zero-order chi connectivity index (χ0) is 11.4. The first-order valence-corrected chi connectivity index (χ1v) is 5.61. The van der Waals surface area contributed by atoms with Crippen molar-refractivity contribution in [2.45, 2.75) is 6.54 Å². The molecule has 0 saturated heterocycles. The van der Waals surface area contributed by atoms with Crippen molar-refractivity contribution >= 4 is 5.69 Å². The van der Waals surface area contributed by atoms with Crippen LogP contribution in [-0.4, -0.2) is 14.1 Å². The Bertz CT molecular complexity index is 435. The topological polar surface area (TPSA) is 35.0 Å². The largest absolute Gasteiger partial charge is 0.344 e. The van der Waals surface area contributed by atoms with Crippen LogP contribution in [-0.2, 0) is 6.54 Å². The van der Waals surface area contributed by atoms with Crippen molar-refractivity contribution in [3.8, 4) is 0 Å². The van der Waals surface area contributed by atoms with Gasteiger partial charge >= 0.3 is 0 Å². The monoisotopic (exact) mass is 229 g/mol. The van der Waals surface area contributed by atoms with Crippen LogP contribution in [0, 0.1) is 0 Å². The second kappa shape index (κ2) is 5.62. The lowest BCUT2D eigenvalue weighted by atomic mass is 10.2. The highest BCUT2D eigenvalue weighted by atomic mass is 15.3. The maximum Gasteiger partial charge on any atom is 0.132 e. The van der Waals surface area contributed by atoms with Gasteiger partial charge in [-0.15, -0.1) is 0 Å². The van der Waals surface area contributed by atoms with E-state index in [1.807, 2.05) is 0 Å². The van der Waals surface area contributed by atoms with Gasteiger partial charge in [0.05, 0.1) is 14.1 Å². The summed E-state index contributed by atoms with van der Waals surface area (Å²) < 4.78 is 0.880. The zero-order valence-electron chi connectivity index (χ0n) is 10.6. The summed E-state index contributed by atoms with van der Waals surface area (Å²) in [6, 6.07) is 21.2. The first-order chi connectivity index (χ1) is 7.68. The smallest absolute Gasteiger partial charge is 0.132 e. The van der Waals surface area contributed by atoms with Crippen LogP contribution < -0.4 is 10.6 Å². The Hall–Kier alpha value is -1.64. The van der Waals surface area contributed by atoms with Gasteiger partial charge in [-0.1, -0.05) is 48.5 Å². The maximum absolute atomic E-state index is 2.24. The van der Waals surface area contributed by atoms with Gasteiger partial charge in [0.15, 0.2) is 0 Å². The van der Waals surface area contributed by atoms with Gasteiger partial charge in [0.1, 0.15) is 12.2 Å². The van der Waals surface area contributed by atoms with Gasteiger partial charge in [0.25, 0.3) is 0 Å². The van der Waals surface area contributed by atoms with E-state index in [1.165, 1.54) is 11.3 Å². The highest BCUT2D eigenvalue weighted by Crippen LogP contribution is 2.21. The first kappa shape index (κ1) is 13.4. The summed E-state index contributed by atoms with van der Waals surface area (Å²) in [5.41, 5.74) is 2.71.